The molecular weight excluding hydrogens is 218 g/mol. The number of nitrogens with zero attached hydrogens (tertiary/aromatic N) is 2. The summed E-state index contributed by atoms with van der Waals surface area (Å²) >= 11 is 0. The van der Waals surface area contributed by atoms with Crippen LogP contribution < -0.4 is 4.74 Å². The maximum absolute atomic E-state index is 9.50. The van der Waals surface area contributed by atoms with E-state index < -0.39 is 0 Å². The number of rotatable bonds is 3. The second-order valence-corrected chi connectivity index (χ2v) is 4.09. The van der Waals surface area contributed by atoms with Crippen LogP contribution in [0.4, 0.5) is 0 Å². The molecule has 0 spiro atoms. The molecule has 17 heavy (non-hydrogen) atoms. The van der Waals surface area contributed by atoms with Crippen LogP contribution in [0.1, 0.15) is 25.6 Å². The molecule has 0 unspecified atom stereocenters. The van der Waals surface area contributed by atoms with Crippen molar-refractivity contribution in [3.05, 3.63) is 24.0 Å². The number of aromatic amines is 1. The second kappa shape index (κ2) is 4.45. The van der Waals surface area contributed by atoms with Crippen LogP contribution >= 0.6 is 0 Å². The first-order chi connectivity index (χ1) is 8.11. The molecule has 1 aromatic carbocycles. The van der Waals surface area contributed by atoms with Crippen LogP contribution in [0.2, 0.25) is 0 Å². The van der Waals surface area contributed by atoms with Crippen molar-refractivity contribution in [3.63, 3.8) is 0 Å². The first-order valence-electron chi connectivity index (χ1n) is 5.41. The zero-order valence-electron chi connectivity index (χ0n) is 10.1. The summed E-state index contributed by atoms with van der Waals surface area (Å²) in [5, 5.41) is 16.5. The summed E-state index contributed by atoms with van der Waals surface area (Å²) in [4.78, 5) is 4.38. The number of hydrogen-bond donors (Lipinski definition) is 2. The zero-order chi connectivity index (χ0) is 12.4. The third-order valence-corrected chi connectivity index (χ3v) is 2.49. The number of aromatic hydroxyl groups is 1. The van der Waals surface area contributed by atoms with E-state index >= 15 is 0 Å². The van der Waals surface area contributed by atoms with Crippen LogP contribution in [0, 0.1) is 0 Å². The highest BCUT2D eigenvalue weighted by molar-refractivity contribution is 5.60. The summed E-state index contributed by atoms with van der Waals surface area (Å²) in [6, 6.07) is 5.04. The van der Waals surface area contributed by atoms with E-state index in [0.717, 1.165) is 11.4 Å². The summed E-state index contributed by atoms with van der Waals surface area (Å²) in [5.41, 5.74) is 0.808. The molecule has 2 N–H and O–H groups in total. The smallest absolute Gasteiger partial charge is 0.181 e. The van der Waals surface area contributed by atoms with Crippen molar-refractivity contribution in [2.75, 3.05) is 7.11 Å². The molecule has 1 heterocycles. The molecule has 5 heteroatoms. The van der Waals surface area contributed by atoms with E-state index in [2.05, 4.69) is 15.2 Å². The van der Waals surface area contributed by atoms with Crippen LogP contribution in [0.3, 0.4) is 0 Å². The molecule has 5 nitrogen and oxygen atoms in total. The Labute approximate surface area is 99.5 Å². The van der Waals surface area contributed by atoms with Gasteiger partial charge in [0.25, 0.3) is 0 Å². The molecule has 0 amide bonds. The van der Waals surface area contributed by atoms with Gasteiger partial charge in [-0.1, -0.05) is 13.8 Å². The van der Waals surface area contributed by atoms with Gasteiger partial charge in [-0.25, -0.2) is 4.98 Å². The van der Waals surface area contributed by atoms with Crippen LogP contribution in [-0.2, 0) is 0 Å². The first-order valence-corrected chi connectivity index (χ1v) is 5.41. The average Bonchev–Trinajstić information content (AvgIpc) is 2.79. The quantitative estimate of drug-likeness (QED) is 0.853. The minimum Gasteiger partial charge on any atom is -0.504 e. The standard InChI is InChI=1S/C12H15N3O2/c1-7(2)11-13-12(15-14-11)8-4-5-9(16)10(6-8)17-3/h4-7,16H,1-3H3,(H,13,14,15). The predicted octanol–water partition coefficient (Wildman–Crippen LogP) is 2.31. The lowest BCUT2D eigenvalue weighted by atomic mass is 10.2. The number of phenolic OH excluding ortho intramolecular Hbond substituents is 1. The number of benzene rings is 1. The normalized spacial score (nSPS) is 10.8. The van der Waals surface area contributed by atoms with Crippen LogP contribution in [-0.4, -0.2) is 27.4 Å². The van der Waals surface area contributed by atoms with Crippen molar-refractivity contribution in [1.82, 2.24) is 15.2 Å². The van der Waals surface area contributed by atoms with Crippen molar-refractivity contribution in [2.24, 2.45) is 0 Å². The molecule has 1 aromatic heterocycles. The molecular formula is C12H15N3O2. The molecule has 0 fully saturated rings. The Kier molecular flexibility index (Phi) is 2.99. The highest BCUT2D eigenvalue weighted by Crippen LogP contribution is 2.30. The van der Waals surface area contributed by atoms with Crippen molar-refractivity contribution in [3.8, 4) is 22.9 Å². The summed E-state index contributed by atoms with van der Waals surface area (Å²) < 4.78 is 5.05. The van der Waals surface area contributed by atoms with Crippen LogP contribution in [0.25, 0.3) is 11.4 Å². The van der Waals surface area contributed by atoms with Gasteiger partial charge in [0.15, 0.2) is 17.3 Å². The Hall–Kier alpha value is -2.04. The lowest BCUT2D eigenvalue weighted by Gasteiger charge is -2.03. The molecule has 2 rings (SSSR count). The molecule has 0 aliphatic heterocycles. The number of methoxy groups -OCH3 is 1. The number of ether oxygens (including phenoxy) is 1. The molecule has 0 atom stereocenters. The Morgan fingerprint density at radius 2 is 2.12 bits per heavy atom. The fourth-order valence-corrected chi connectivity index (χ4v) is 1.48. The van der Waals surface area contributed by atoms with Gasteiger partial charge < -0.3 is 9.84 Å². The molecule has 0 aliphatic carbocycles. The topological polar surface area (TPSA) is 71.0 Å². The molecule has 0 bridgehead atoms. The minimum absolute atomic E-state index is 0.107. The lowest BCUT2D eigenvalue weighted by molar-refractivity contribution is 0.373. The van der Waals surface area contributed by atoms with E-state index in [9.17, 15) is 5.11 Å². The van der Waals surface area contributed by atoms with E-state index in [-0.39, 0.29) is 5.75 Å². The fourth-order valence-electron chi connectivity index (χ4n) is 1.48. The number of aromatic nitrogens is 3. The Morgan fingerprint density at radius 1 is 1.35 bits per heavy atom. The second-order valence-electron chi connectivity index (χ2n) is 4.09. The largest absolute Gasteiger partial charge is 0.504 e. The molecule has 0 aliphatic rings. The van der Waals surface area contributed by atoms with Gasteiger partial charge in [0, 0.05) is 11.5 Å². The van der Waals surface area contributed by atoms with Crippen LogP contribution in [0.15, 0.2) is 18.2 Å². The number of nitrogens with one attached hydrogen (secondary N) is 1. The van der Waals surface area contributed by atoms with E-state index in [4.69, 9.17) is 4.74 Å². The number of hydrogen-bond acceptors (Lipinski definition) is 4. The van der Waals surface area contributed by atoms with Gasteiger partial charge in [-0.05, 0) is 18.2 Å². The number of H-pyrrole nitrogens is 1. The maximum Gasteiger partial charge on any atom is 0.181 e. The molecule has 90 valence electrons. The molecule has 0 saturated carbocycles. The monoisotopic (exact) mass is 233 g/mol. The predicted molar refractivity (Wildman–Crippen MR) is 64.1 cm³/mol. The Balaban J connectivity index is 2.38. The van der Waals surface area contributed by atoms with E-state index in [1.165, 1.54) is 7.11 Å². The van der Waals surface area contributed by atoms with Crippen molar-refractivity contribution in [1.29, 1.82) is 0 Å². The summed E-state index contributed by atoms with van der Waals surface area (Å²) in [6.07, 6.45) is 0. The lowest BCUT2D eigenvalue weighted by Crippen LogP contribution is -1.89. The summed E-state index contributed by atoms with van der Waals surface area (Å²) in [7, 11) is 1.51. The fraction of sp³-hybridized carbons (Fsp3) is 0.333. The van der Waals surface area contributed by atoms with Gasteiger partial charge in [0.05, 0.1) is 7.11 Å². The average molecular weight is 233 g/mol. The van der Waals surface area contributed by atoms with Gasteiger partial charge in [0.1, 0.15) is 5.82 Å². The van der Waals surface area contributed by atoms with Gasteiger partial charge in [0.2, 0.25) is 0 Å². The van der Waals surface area contributed by atoms with Gasteiger partial charge in [-0.15, -0.1) is 0 Å². The zero-order valence-corrected chi connectivity index (χ0v) is 10.1. The van der Waals surface area contributed by atoms with Crippen molar-refractivity contribution >= 4 is 0 Å². The van der Waals surface area contributed by atoms with E-state index in [0.29, 0.717) is 17.5 Å². The van der Waals surface area contributed by atoms with Gasteiger partial charge in [-0.2, -0.15) is 5.10 Å². The molecule has 0 radical (unpaired) electrons. The van der Waals surface area contributed by atoms with Crippen molar-refractivity contribution < 1.29 is 9.84 Å². The minimum atomic E-state index is 0.107. The highest BCUT2D eigenvalue weighted by Gasteiger charge is 2.10. The third-order valence-electron chi connectivity index (χ3n) is 2.49. The maximum atomic E-state index is 9.50. The third kappa shape index (κ3) is 2.22. The molecule has 2 aromatic rings. The van der Waals surface area contributed by atoms with E-state index in [1.54, 1.807) is 18.2 Å². The number of phenols is 1. The highest BCUT2D eigenvalue weighted by atomic mass is 16.5. The van der Waals surface area contributed by atoms with Crippen molar-refractivity contribution in [2.45, 2.75) is 19.8 Å². The summed E-state index contributed by atoms with van der Waals surface area (Å²) in [5.74, 6) is 2.27. The first kappa shape index (κ1) is 11.4. The summed E-state index contributed by atoms with van der Waals surface area (Å²) in [6.45, 7) is 4.09. The van der Waals surface area contributed by atoms with Gasteiger partial charge in [-0.3, -0.25) is 5.10 Å². The Bertz CT molecular complexity index is 520. The van der Waals surface area contributed by atoms with Gasteiger partial charge >= 0.3 is 0 Å². The SMILES string of the molecule is COc1cc(-c2n[nH]c(C(C)C)n2)ccc1O. The van der Waals surface area contributed by atoms with E-state index in [1.807, 2.05) is 13.8 Å². The van der Waals surface area contributed by atoms with Crippen LogP contribution in [0.5, 0.6) is 11.5 Å². The molecule has 0 saturated heterocycles. The Morgan fingerprint density at radius 3 is 2.71 bits per heavy atom.